The van der Waals surface area contributed by atoms with Crippen LogP contribution >= 0.6 is 11.3 Å². The molecule has 0 bridgehead atoms. The first-order chi connectivity index (χ1) is 13.2. The van der Waals surface area contributed by atoms with Crippen LogP contribution in [0.2, 0.25) is 0 Å². The first kappa shape index (κ1) is 17.1. The summed E-state index contributed by atoms with van der Waals surface area (Å²) in [6.07, 6.45) is 2.06. The second-order valence-electron chi connectivity index (χ2n) is 5.88. The third-order valence-electron chi connectivity index (χ3n) is 4.09. The van der Waals surface area contributed by atoms with Gasteiger partial charge in [-0.05, 0) is 17.7 Å². The van der Waals surface area contributed by atoms with Crippen LogP contribution in [-0.4, -0.2) is 21.7 Å². The summed E-state index contributed by atoms with van der Waals surface area (Å²) in [6.45, 7) is 0. The van der Waals surface area contributed by atoms with Crippen molar-refractivity contribution < 1.29 is 4.74 Å². The maximum atomic E-state index is 12.7. The van der Waals surface area contributed by atoms with Gasteiger partial charge in [0.05, 0.1) is 11.6 Å². The van der Waals surface area contributed by atoms with Gasteiger partial charge < -0.3 is 4.74 Å². The van der Waals surface area contributed by atoms with E-state index in [1.54, 1.807) is 13.2 Å². The molecule has 0 spiro atoms. The summed E-state index contributed by atoms with van der Waals surface area (Å²) in [5, 5.41) is 4.26. The van der Waals surface area contributed by atoms with E-state index in [1.165, 1.54) is 4.52 Å². The van der Waals surface area contributed by atoms with Gasteiger partial charge >= 0.3 is 0 Å². The molecule has 2 aromatic heterocycles. The number of aromatic nitrogens is 3. The van der Waals surface area contributed by atoms with Gasteiger partial charge in [-0.2, -0.15) is 14.6 Å². The van der Waals surface area contributed by atoms with E-state index in [1.807, 2.05) is 54.6 Å². The van der Waals surface area contributed by atoms with Crippen LogP contribution in [0, 0.1) is 0 Å². The number of thiazole rings is 1. The van der Waals surface area contributed by atoms with E-state index >= 15 is 0 Å². The van der Waals surface area contributed by atoms with Crippen LogP contribution in [0.25, 0.3) is 11.0 Å². The summed E-state index contributed by atoms with van der Waals surface area (Å²) in [5.41, 5.74) is 1.24. The van der Waals surface area contributed by atoms with E-state index in [0.717, 1.165) is 22.5 Å². The lowest BCUT2D eigenvalue weighted by Gasteiger charge is -2.02. The lowest BCUT2D eigenvalue weighted by Crippen LogP contribution is -2.28. The third-order valence-corrected chi connectivity index (χ3v) is 5.05. The van der Waals surface area contributed by atoms with E-state index < -0.39 is 5.56 Å². The van der Waals surface area contributed by atoms with Crippen LogP contribution in [-0.2, 0) is 6.42 Å². The topological polar surface area (TPSA) is 73.6 Å². The summed E-state index contributed by atoms with van der Waals surface area (Å²) < 4.78 is 6.96. The van der Waals surface area contributed by atoms with Gasteiger partial charge in [0.25, 0.3) is 11.1 Å². The Labute approximate surface area is 158 Å². The van der Waals surface area contributed by atoms with Gasteiger partial charge in [-0.15, -0.1) is 0 Å². The molecule has 27 heavy (non-hydrogen) atoms. The predicted molar refractivity (Wildman–Crippen MR) is 104 cm³/mol. The smallest absolute Gasteiger partial charge is 0.296 e. The highest BCUT2D eigenvalue weighted by atomic mass is 32.1. The fourth-order valence-electron chi connectivity index (χ4n) is 2.77. The van der Waals surface area contributed by atoms with Gasteiger partial charge in [0.15, 0.2) is 0 Å². The van der Waals surface area contributed by atoms with E-state index in [4.69, 9.17) is 4.74 Å². The summed E-state index contributed by atoms with van der Waals surface area (Å²) in [7, 11) is 1.58. The first-order valence-corrected chi connectivity index (χ1v) is 9.09. The Hall–Kier alpha value is -3.32. The minimum Gasteiger partial charge on any atom is -0.496 e. The van der Waals surface area contributed by atoms with Crippen molar-refractivity contribution in [2.24, 2.45) is 0 Å². The Morgan fingerprint density at radius 3 is 2.59 bits per heavy atom. The molecule has 0 saturated carbocycles. The maximum absolute atomic E-state index is 12.7. The van der Waals surface area contributed by atoms with E-state index in [0.29, 0.717) is 16.7 Å². The van der Waals surface area contributed by atoms with Crippen molar-refractivity contribution in [3.8, 4) is 5.75 Å². The lowest BCUT2D eigenvalue weighted by atomic mass is 10.1. The molecule has 0 aliphatic rings. The summed E-state index contributed by atoms with van der Waals surface area (Å²) >= 11 is 1.13. The molecule has 0 unspecified atom stereocenters. The Kier molecular flexibility index (Phi) is 4.52. The number of ether oxygens (including phenoxy) is 1. The zero-order chi connectivity index (χ0) is 18.8. The predicted octanol–water partition coefficient (Wildman–Crippen LogP) is 1.66. The molecule has 0 saturated heterocycles. The van der Waals surface area contributed by atoms with E-state index in [-0.39, 0.29) is 16.2 Å². The summed E-state index contributed by atoms with van der Waals surface area (Å²) in [6, 6.07) is 16.9. The van der Waals surface area contributed by atoms with Gasteiger partial charge in [-0.3, -0.25) is 9.59 Å². The quantitative estimate of drug-likeness (QED) is 0.541. The van der Waals surface area contributed by atoms with E-state index in [9.17, 15) is 9.59 Å². The SMILES string of the molecule is COc1ccccc1/C=c1\sc2nc(=O)c(Cc3ccccc3)nn2c1=O. The number of rotatable bonds is 4. The van der Waals surface area contributed by atoms with Crippen LogP contribution < -0.4 is 20.4 Å². The fraction of sp³-hybridized carbons (Fsp3) is 0.100. The molecule has 0 atom stereocenters. The van der Waals surface area contributed by atoms with Crippen molar-refractivity contribution in [2.45, 2.75) is 6.42 Å². The normalized spacial score (nSPS) is 11.8. The van der Waals surface area contributed by atoms with E-state index in [2.05, 4.69) is 10.1 Å². The van der Waals surface area contributed by atoms with Crippen molar-refractivity contribution in [1.29, 1.82) is 0 Å². The van der Waals surface area contributed by atoms with Crippen LogP contribution in [0.5, 0.6) is 5.75 Å². The summed E-state index contributed by atoms with van der Waals surface area (Å²) in [4.78, 5) is 29.4. The lowest BCUT2D eigenvalue weighted by molar-refractivity contribution is 0.414. The standard InChI is InChI=1S/C20H15N3O3S/c1-26-16-10-6-5-9-14(16)12-17-19(25)23-20(27-17)21-18(24)15(22-23)11-13-7-3-2-4-8-13/h2-10,12H,11H2,1H3/b17-12-. The number of methoxy groups -OCH3 is 1. The number of para-hydroxylation sites is 1. The van der Waals surface area contributed by atoms with Crippen LogP contribution in [0.15, 0.2) is 64.2 Å². The molecule has 0 radical (unpaired) electrons. The highest BCUT2D eigenvalue weighted by Crippen LogP contribution is 2.17. The van der Waals surface area contributed by atoms with Crippen LogP contribution in [0.4, 0.5) is 0 Å². The van der Waals surface area contributed by atoms with Gasteiger partial charge in [0, 0.05) is 12.0 Å². The second-order valence-corrected chi connectivity index (χ2v) is 6.89. The highest BCUT2D eigenvalue weighted by Gasteiger charge is 2.12. The monoisotopic (exact) mass is 377 g/mol. The van der Waals surface area contributed by atoms with Gasteiger partial charge in [0.2, 0.25) is 4.96 Å². The number of nitrogens with zero attached hydrogens (tertiary/aromatic N) is 3. The van der Waals surface area contributed by atoms with Crippen LogP contribution in [0.1, 0.15) is 16.8 Å². The molecule has 0 aliphatic carbocycles. The van der Waals surface area contributed by atoms with Crippen molar-refractivity contribution in [2.75, 3.05) is 7.11 Å². The Balaban J connectivity index is 1.84. The van der Waals surface area contributed by atoms with Gasteiger partial charge in [0.1, 0.15) is 11.4 Å². The first-order valence-electron chi connectivity index (χ1n) is 8.27. The molecule has 6 nitrogen and oxygen atoms in total. The Morgan fingerprint density at radius 1 is 1.07 bits per heavy atom. The highest BCUT2D eigenvalue weighted by molar-refractivity contribution is 7.15. The average molecular weight is 377 g/mol. The van der Waals surface area contributed by atoms with Crippen molar-refractivity contribution in [3.05, 3.63) is 96.7 Å². The third kappa shape index (κ3) is 3.37. The molecule has 0 amide bonds. The van der Waals surface area contributed by atoms with Crippen molar-refractivity contribution in [1.82, 2.24) is 14.6 Å². The number of hydrogen-bond acceptors (Lipinski definition) is 6. The molecular formula is C20H15N3O3S. The molecule has 2 aromatic carbocycles. The molecule has 4 rings (SSSR count). The molecule has 2 heterocycles. The largest absolute Gasteiger partial charge is 0.496 e. The van der Waals surface area contributed by atoms with Gasteiger partial charge in [-0.25, -0.2) is 0 Å². The Morgan fingerprint density at radius 2 is 1.81 bits per heavy atom. The molecule has 7 heteroatoms. The number of hydrogen-bond donors (Lipinski definition) is 0. The second kappa shape index (κ2) is 7.13. The number of fused-ring (bicyclic) bond motifs is 1. The molecule has 0 N–H and O–H groups in total. The van der Waals surface area contributed by atoms with Crippen molar-refractivity contribution >= 4 is 22.4 Å². The Bertz CT molecular complexity index is 1280. The fourth-order valence-corrected chi connectivity index (χ4v) is 3.66. The number of benzene rings is 2. The van der Waals surface area contributed by atoms with Crippen LogP contribution in [0.3, 0.4) is 0 Å². The molecule has 4 aromatic rings. The van der Waals surface area contributed by atoms with Crippen molar-refractivity contribution in [3.63, 3.8) is 0 Å². The molecule has 0 fully saturated rings. The minimum atomic E-state index is -0.413. The molecule has 0 aliphatic heterocycles. The zero-order valence-electron chi connectivity index (χ0n) is 14.5. The molecular weight excluding hydrogens is 362 g/mol. The summed E-state index contributed by atoms with van der Waals surface area (Å²) in [5.74, 6) is 0.662. The zero-order valence-corrected chi connectivity index (χ0v) is 15.3. The maximum Gasteiger partial charge on any atom is 0.296 e. The average Bonchev–Trinajstić information content (AvgIpc) is 2.98. The minimum absolute atomic E-state index is 0.248. The molecule has 134 valence electrons. The van der Waals surface area contributed by atoms with Gasteiger partial charge in [-0.1, -0.05) is 59.9 Å².